The lowest BCUT2D eigenvalue weighted by molar-refractivity contribution is -0.125. The smallest absolute Gasteiger partial charge is 0.223 e. The number of ether oxygens (including phenoxy) is 1. The van der Waals surface area contributed by atoms with Crippen LogP contribution in [-0.2, 0) is 9.53 Å². The highest BCUT2D eigenvalue weighted by atomic mass is 127. The summed E-state index contributed by atoms with van der Waals surface area (Å²) in [5, 5.41) is 6.39. The number of halogens is 2. The van der Waals surface area contributed by atoms with Crippen LogP contribution in [0.25, 0.3) is 0 Å². The van der Waals surface area contributed by atoms with Crippen LogP contribution >= 0.6 is 24.0 Å². The first-order valence-electron chi connectivity index (χ1n) is 10.7. The van der Waals surface area contributed by atoms with Gasteiger partial charge in [-0.2, -0.15) is 0 Å². The second kappa shape index (κ2) is 12.4. The van der Waals surface area contributed by atoms with Crippen molar-refractivity contribution in [3.8, 4) is 0 Å². The van der Waals surface area contributed by atoms with Gasteiger partial charge in [0.05, 0.1) is 12.6 Å². The summed E-state index contributed by atoms with van der Waals surface area (Å²) in [5.41, 5.74) is 0.957. The van der Waals surface area contributed by atoms with Crippen molar-refractivity contribution in [2.75, 3.05) is 33.2 Å². The van der Waals surface area contributed by atoms with Crippen molar-refractivity contribution in [3.63, 3.8) is 0 Å². The van der Waals surface area contributed by atoms with Crippen LogP contribution in [0.15, 0.2) is 29.3 Å². The number of aliphatic imine (C=N–C) groups is 1. The minimum atomic E-state index is -0.248. The van der Waals surface area contributed by atoms with Gasteiger partial charge in [0.1, 0.15) is 11.9 Å². The average molecular weight is 532 g/mol. The SMILES string of the molecule is CN=C(NCCNC(=O)C1CCCCC1)N1CC(C)OC(c2ccc(F)cc2)C1.I. The Morgan fingerprint density at radius 3 is 2.47 bits per heavy atom. The van der Waals surface area contributed by atoms with Crippen LogP contribution in [0.2, 0.25) is 0 Å². The van der Waals surface area contributed by atoms with Gasteiger partial charge in [-0.05, 0) is 37.5 Å². The van der Waals surface area contributed by atoms with Gasteiger partial charge < -0.3 is 20.3 Å². The molecule has 1 aliphatic heterocycles. The molecule has 0 spiro atoms. The van der Waals surface area contributed by atoms with Crippen LogP contribution in [0.1, 0.15) is 50.7 Å². The molecule has 2 aliphatic rings. The summed E-state index contributed by atoms with van der Waals surface area (Å²) in [5.74, 6) is 0.902. The zero-order valence-corrected chi connectivity index (χ0v) is 20.2. The second-order valence-corrected chi connectivity index (χ2v) is 7.99. The molecular formula is C22H34FIN4O2. The van der Waals surface area contributed by atoms with E-state index in [0.29, 0.717) is 19.6 Å². The predicted molar refractivity (Wildman–Crippen MR) is 128 cm³/mol. The van der Waals surface area contributed by atoms with Gasteiger partial charge in [-0.3, -0.25) is 9.79 Å². The fourth-order valence-electron chi connectivity index (χ4n) is 4.19. The summed E-state index contributed by atoms with van der Waals surface area (Å²) in [6, 6.07) is 6.47. The number of carbonyl (C=O) groups excluding carboxylic acids is 1. The van der Waals surface area contributed by atoms with E-state index in [1.54, 1.807) is 19.2 Å². The van der Waals surface area contributed by atoms with Crippen molar-refractivity contribution < 1.29 is 13.9 Å². The maximum absolute atomic E-state index is 13.2. The third-order valence-corrected chi connectivity index (χ3v) is 5.70. The number of guanidine groups is 1. The number of carbonyl (C=O) groups is 1. The number of amides is 1. The molecule has 0 aromatic heterocycles. The Morgan fingerprint density at radius 2 is 1.80 bits per heavy atom. The molecule has 0 bridgehead atoms. The van der Waals surface area contributed by atoms with E-state index in [0.717, 1.165) is 43.8 Å². The molecule has 8 heteroatoms. The first-order valence-corrected chi connectivity index (χ1v) is 10.7. The molecule has 1 saturated heterocycles. The molecule has 2 fully saturated rings. The van der Waals surface area contributed by atoms with Crippen LogP contribution in [0, 0.1) is 11.7 Å². The summed E-state index contributed by atoms with van der Waals surface area (Å²) in [7, 11) is 1.76. The number of nitrogens with zero attached hydrogens (tertiary/aromatic N) is 2. The van der Waals surface area contributed by atoms with Gasteiger partial charge in [-0.25, -0.2) is 4.39 Å². The van der Waals surface area contributed by atoms with E-state index >= 15 is 0 Å². The Balaban J connectivity index is 0.00000320. The molecule has 1 saturated carbocycles. The monoisotopic (exact) mass is 532 g/mol. The minimum Gasteiger partial charge on any atom is -0.367 e. The maximum Gasteiger partial charge on any atom is 0.223 e. The van der Waals surface area contributed by atoms with Crippen molar-refractivity contribution in [2.45, 2.75) is 51.2 Å². The van der Waals surface area contributed by atoms with E-state index in [9.17, 15) is 9.18 Å². The molecule has 1 amide bonds. The zero-order valence-electron chi connectivity index (χ0n) is 17.9. The molecule has 3 rings (SSSR count). The lowest BCUT2D eigenvalue weighted by Crippen LogP contribution is -2.51. The fraction of sp³-hybridized carbons (Fsp3) is 0.636. The van der Waals surface area contributed by atoms with Crippen LogP contribution < -0.4 is 10.6 Å². The first kappa shape index (κ1) is 24.8. The molecule has 2 atom stereocenters. The van der Waals surface area contributed by atoms with Crippen molar-refractivity contribution >= 4 is 35.8 Å². The Kier molecular flexibility index (Phi) is 10.3. The molecule has 6 nitrogen and oxygen atoms in total. The predicted octanol–water partition coefficient (Wildman–Crippen LogP) is 3.48. The fourth-order valence-corrected chi connectivity index (χ4v) is 4.19. The van der Waals surface area contributed by atoms with Gasteiger partial charge in [-0.1, -0.05) is 31.4 Å². The minimum absolute atomic E-state index is 0. The third kappa shape index (κ3) is 7.08. The average Bonchev–Trinajstić information content (AvgIpc) is 2.74. The Labute approximate surface area is 196 Å². The van der Waals surface area contributed by atoms with Crippen LogP contribution in [0.3, 0.4) is 0 Å². The molecule has 2 unspecified atom stereocenters. The first-order chi connectivity index (χ1) is 14.1. The molecule has 2 N–H and O–H groups in total. The summed E-state index contributed by atoms with van der Waals surface area (Å²) in [6.45, 7) is 4.60. The molecular weight excluding hydrogens is 498 g/mol. The standard InChI is InChI=1S/C22H33FN4O2.HI/c1-16-14-27(15-20(29-16)17-8-10-19(23)11-9-17)22(24-2)26-13-12-25-21(28)18-6-4-3-5-7-18;/h8-11,16,18,20H,3-7,12-15H2,1-2H3,(H,24,26)(H,25,28);1H. The van der Waals surface area contributed by atoms with Gasteiger partial charge in [0.2, 0.25) is 5.91 Å². The lowest BCUT2D eigenvalue weighted by atomic mass is 9.89. The van der Waals surface area contributed by atoms with Crippen molar-refractivity contribution in [2.24, 2.45) is 10.9 Å². The second-order valence-electron chi connectivity index (χ2n) is 7.99. The largest absolute Gasteiger partial charge is 0.367 e. The van der Waals surface area contributed by atoms with E-state index in [-0.39, 0.29) is 53.8 Å². The normalized spacial score (nSPS) is 22.9. The quantitative estimate of drug-likeness (QED) is 0.264. The van der Waals surface area contributed by atoms with Crippen molar-refractivity contribution in [1.29, 1.82) is 0 Å². The summed E-state index contributed by atoms with van der Waals surface area (Å²) in [6.07, 6.45) is 5.49. The number of benzene rings is 1. The molecule has 1 heterocycles. The van der Waals surface area contributed by atoms with Gasteiger partial charge in [0.25, 0.3) is 0 Å². The highest BCUT2D eigenvalue weighted by molar-refractivity contribution is 14.0. The number of morpholine rings is 1. The van der Waals surface area contributed by atoms with Crippen LogP contribution in [0.4, 0.5) is 4.39 Å². The topological polar surface area (TPSA) is 66.0 Å². The van der Waals surface area contributed by atoms with Gasteiger partial charge in [0, 0.05) is 32.6 Å². The Morgan fingerprint density at radius 1 is 1.13 bits per heavy atom. The van der Waals surface area contributed by atoms with E-state index < -0.39 is 0 Å². The summed E-state index contributed by atoms with van der Waals surface area (Å²) in [4.78, 5) is 18.8. The van der Waals surface area contributed by atoms with E-state index in [4.69, 9.17) is 4.74 Å². The Bertz CT molecular complexity index is 695. The molecule has 0 radical (unpaired) electrons. The lowest BCUT2D eigenvalue weighted by Gasteiger charge is -2.38. The number of hydrogen-bond acceptors (Lipinski definition) is 3. The summed E-state index contributed by atoms with van der Waals surface area (Å²) >= 11 is 0. The van der Waals surface area contributed by atoms with Crippen molar-refractivity contribution in [1.82, 2.24) is 15.5 Å². The zero-order chi connectivity index (χ0) is 20.6. The van der Waals surface area contributed by atoms with Crippen LogP contribution in [0.5, 0.6) is 0 Å². The van der Waals surface area contributed by atoms with Crippen molar-refractivity contribution in [3.05, 3.63) is 35.6 Å². The third-order valence-electron chi connectivity index (χ3n) is 5.70. The van der Waals surface area contributed by atoms with Crippen LogP contribution in [-0.4, -0.2) is 56.1 Å². The number of nitrogens with one attached hydrogen (secondary N) is 2. The molecule has 168 valence electrons. The highest BCUT2D eigenvalue weighted by Gasteiger charge is 2.28. The maximum atomic E-state index is 13.2. The van der Waals surface area contributed by atoms with E-state index in [2.05, 4.69) is 20.5 Å². The number of hydrogen-bond donors (Lipinski definition) is 2. The molecule has 30 heavy (non-hydrogen) atoms. The Hall–Kier alpha value is -1.42. The van der Waals surface area contributed by atoms with Gasteiger partial charge in [-0.15, -0.1) is 24.0 Å². The van der Waals surface area contributed by atoms with E-state index in [1.165, 1.54) is 18.6 Å². The molecule has 1 aromatic carbocycles. The molecule has 1 aliphatic carbocycles. The van der Waals surface area contributed by atoms with E-state index in [1.807, 2.05) is 6.92 Å². The van der Waals surface area contributed by atoms with Gasteiger partial charge in [0.15, 0.2) is 5.96 Å². The number of rotatable bonds is 5. The highest BCUT2D eigenvalue weighted by Crippen LogP contribution is 2.25. The summed E-state index contributed by atoms with van der Waals surface area (Å²) < 4.78 is 19.3. The van der Waals surface area contributed by atoms with Gasteiger partial charge >= 0.3 is 0 Å². The molecule has 1 aromatic rings.